The smallest absolute Gasteiger partial charge is 0.244 e. The number of piperidine rings is 1. The molecule has 0 atom stereocenters. The summed E-state index contributed by atoms with van der Waals surface area (Å²) < 4.78 is 33.5. The van der Waals surface area contributed by atoms with E-state index in [4.69, 9.17) is 4.74 Å². The first-order chi connectivity index (χ1) is 12.6. The van der Waals surface area contributed by atoms with Crippen LogP contribution in [0.2, 0.25) is 0 Å². The maximum atomic E-state index is 12.6. The van der Waals surface area contributed by atoms with E-state index < -0.39 is 10.0 Å². The molecule has 3 rings (SSSR count). The van der Waals surface area contributed by atoms with Gasteiger partial charge in [-0.3, -0.25) is 4.98 Å². The number of anilines is 1. The summed E-state index contributed by atoms with van der Waals surface area (Å²) in [6.07, 6.45) is 6.92. The van der Waals surface area contributed by atoms with Gasteiger partial charge in [0, 0.05) is 32.0 Å². The number of sulfonamides is 1. The number of ether oxygens (including phenoxy) is 1. The third-order valence-corrected chi connectivity index (χ3v) is 5.95. The zero-order valence-corrected chi connectivity index (χ0v) is 15.7. The summed E-state index contributed by atoms with van der Waals surface area (Å²) in [4.78, 5) is 10.8. The van der Waals surface area contributed by atoms with Crippen molar-refractivity contribution in [1.82, 2.24) is 14.7 Å². The van der Waals surface area contributed by atoms with Gasteiger partial charge in [-0.1, -0.05) is 12.1 Å². The Kier molecular flexibility index (Phi) is 6.05. The van der Waals surface area contributed by atoms with Gasteiger partial charge in [0.25, 0.3) is 0 Å². The van der Waals surface area contributed by atoms with Gasteiger partial charge in [0.15, 0.2) is 0 Å². The molecular weight excluding hydrogens is 352 g/mol. The number of nitrogens with one attached hydrogen (secondary N) is 1. The zero-order chi connectivity index (χ0) is 18.4. The third-order valence-electron chi connectivity index (χ3n) is 4.49. The second kappa shape index (κ2) is 8.46. The Balaban J connectivity index is 1.56. The molecular formula is C18H24N4O3S. The Morgan fingerprint density at radius 3 is 2.69 bits per heavy atom. The van der Waals surface area contributed by atoms with Gasteiger partial charge in [-0.2, -0.15) is 0 Å². The largest absolute Gasteiger partial charge is 0.492 e. The van der Waals surface area contributed by atoms with Crippen molar-refractivity contribution in [2.45, 2.75) is 24.7 Å². The standard InChI is InChI=1S/C18H24N4O3S/c1-2-25-16-5-3-4-6-17(16)26(23,24)21-13-15-7-11-22(12-8-15)18-14-19-9-10-20-18/h3-6,9-10,14-15,21H,2,7-8,11-13H2,1H3. The lowest BCUT2D eigenvalue weighted by molar-refractivity contribution is 0.330. The minimum absolute atomic E-state index is 0.193. The maximum Gasteiger partial charge on any atom is 0.244 e. The van der Waals surface area contributed by atoms with Crippen molar-refractivity contribution in [2.75, 3.05) is 31.1 Å². The first-order valence-corrected chi connectivity index (χ1v) is 10.3. The molecule has 26 heavy (non-hydrogen) atoms. The number of benzene rings is 1. The molecule has 7 nitrogen and oxygen atoms in total. The average Bonchev–Trinajstić information content (AvgIpc) is 2.68. The first kappa shape index (κ1) is 18.6. The van der Waals surface area contributed by atoms with Gasteiger partial charge >= 0.3 is 0 Å². The molecule has 2 heterocycles. The number of rotatable bonds is 7. The molecule has 1 saturated heterocycles. The summed E-state index contributed by atoms with van der Waals surface area (Å²) in [7, 11) is -3.59. The monoisotopic (exact) mass is 376 g/mol. The van der Waals surface area contributed by atoms with Crippen molar-refractivity contribution < 1.29 is 13.2 Å². The van der Waals surface area contributed by atoms with Crippen molar-refractivity contribution >= 4 is 15.8 Å². The van der Waals surface area contributed by atoms with Gasteiger partial charge in [-0.15, -0.1) is 0 Å². The van der Waals surface area contributed by atoms with Crippen LogP contribution < -0.4 is 14.4 Å². The Morgan fingerprint density at radius 1 is 1.23 bits per heavy atom. The number of hydrogen-bond donors (Lipinski definition) is 1. The summed E-state index contributed by atoms with van der Waals surface area (Å²) in [5, 5.41) is 0. The van der Waals surface area contributed by atoms with Crippen molar-refractivity contribution in [3.8, 4) is 5.75 Å². The normalized spacial score (nSPS) is 15.8. The summed E-state index contributed by atoms with van der Waals surface area (Å²) in [5.41, 5.74) is 0. The number of para-hydroxylation sites is 1. The highest BCUT2D eigenvalue weighted by molar-refractivity contribution is 7.89. The fraction of sp³-hybridized carbons (Fsp3) is 0.444. The lowest BCUT2D eigenvalue weighted by Crippen LogP contribution is -2.39. The van der Waals surface area contributed by atoms with E-state index in [0.29, 0.717) is 24.8 Å². The van der Waals surface area contributed by atoms with Crippen LogP contribution in [0.4, 0.5) is 5.82 Å². The van der Waals surface area contributed by atoms with E-state index in [0.717, 1.165) is 31.7 Å². The molecule has 1 aliphatic rings. The van der Waals surface area contributed by atoms with Gasteiger partial charge < -0.3 is 9.64 Å². The second-order valence-corrected chi connectivity index (χ2v) is 7.96. The van der Waals surface area contributed by atoms with Crippen LogP contribution in [0, 0.1) is 5.92 Å². The number of hydrogen-bond acceptors (Lipinski definition) is 6. The molecule has 0 unspecified atom stereocenters. The van der Waals surface area contributed by atoms with Gasteiger partial charge in [0.05, 0.1) is 12.8 Å². The van der Waals surface area contributed by atoms with Crippen molar-refractivity contribution in [3.05, 3.63) is 42.9 Å². The van der Waals surface area contributed by atoms with Gasteiger partial charge in [-0.05, 0) is 37.8 Å². The Morgan fingerprint density at radius 2 is 2.00 bits per heavy atom. The maximum absolute atomic E-state index is 12.6. The van der Waals surface area contributed by atoms with Crippen LogP contribution in [0.3, 0.4) is 0 Å². The second-order valence-electron chi connectivity index (χ2n) is 6.23. The molecule has 0 spiro atoms. The Bertz CT molecular complexity index is 806. The molecule has 0 radical (unpaired) electrons. The number of aromatic nitrogens is 2. The summed E-state index contributed by atoms with van der Waals surface area (Å²) >= 11 is 0. The molecule has 2 aromatic rings. The average molecular weight is 376 g/mol. The highest BCUT2D eigenvalue weighted by Crippen LogP contribution is 2.24. The molecule has 1 N–H and O–H groups in total. The van der Waals surface area contributed by atoms with E-state index in [1.807, 2.05) is 6.92 Å². The quantitative estimate of drug-likeness (QED) is 0.796. The van der Waals surface area contributed by atoms with E-state index >= 15 is 0 Å². The molecule has 1 fully saturated rings. The van der Waals surface area contributed by atoms with Crippen LogP contribution in [0.25, 0.3) is 0 Å². The minimum atomic E-state index is -3.59. The number of nitrogens with zero attached hydrogens (tertiary/aromatic N) is 3. The van der Waals surface area contributed by atoms with Crippen molar-refractivity contribution in [3.63, 3.8) is 0 Å². The first-order valence-electron chi connectivity index (χ1n) is 8.82. The molecule has 1 aliphatic heterocycles. The van der Waals surface area contributed by atoms with E-state index in [1.54, 1.807) is 42.9 Å². The Labute approximate surface area is 154 Å². The van der Waals surface area contributed by atoms with E-state index in [1.165, 1.54) is 0 Å². The summed E-state index contributed by atoms with van der Waals surface area (Å²) in [6, 6.07) is 6.73. The van der Waals surface area contributed by atoms with Crippen LogP contribution in [-0.2, 0) is 10.0 Å². The highest BCUT2D eigenvalue weighted by atomic mass is 32.2. The lowest BCUT2D eigenvalue weighted by atomic mass is 9.97. The van der Waals surface area contributed by atoms with Crippen LogP contribution >= 0.6 is 0 Å². The van der Waals surface area contributed by atoms with Gasteiger partial charge in [0.2, 0.25) is 10.0 Å². The topological polar surface area (TPSA) is 84.4 Å². The molecule has 140 valence electrons. The molecule has 0 saturated carbocycles. The predicted octanol–water partition coefficient (Wildman–Crippen LogP) is 2.07. The van der Waals surface area contributed by atoms with E-state index in [-0.39, 0.29) is 4.90 Å². The van der Waals surface area contributed by atoms with Crippen LogP contribution in [0.5, 0.6) is 5.75 Å². The van der Waals surface area contributed by atoms with Gasteiger partial charge in [0.1, 0.15) is 16.5 Å². The molecule has 1 aromatic heterocycles. The molecule has 0 aliphatic carbocycles. The third kappa shape index (κ3) is 4.50. The van der Waals surface area contributed by atoms with E-state index in [2.05, 4.69) is 19.6 Å². The highest BCUT2D eigenvalue weighted by Gasteiger charge is 2.24. The predicted molar refractivity (Wildman–Crippen MR) is 99.8 cm³/mol. The molecule has 0 amide bonds. The van der Waals surface area contributed by atoms with Gasteiger partial charge in [-0.25, -0.2) is 18.1 Å². The molecule has 1 aromatic carbocycles. The molecule has 8 heteroatoms. The van der Waals surface area contributed by atoms with Crippen LogP contribution in [-0.4, -0.2) is 44.6 Å². The Hall–Kier alpha value is -2.19. The fourth-order valence-corrected chi connectivity index (χ4v) is 4.33. The van der Waals surface area contributed by atoms with Crippen LogP contribution in [0.1, 0.15) is 19.8 Å². The van der Waals surface area contributed by atoms with Crippen molar-refractivity contribution in [2.24, 2.45) is 5.92 Å². The minimum Gasteiger partial charge on any atom is -0.492 e. The molecule has 0 bridgehead atoms. The zero-order valence-electron chi connectivity index (χ0n) is 14.8. The van der Waals surface area contributed by atoms with Crippen molar-refractivity contribution in [1.29, 1.82) is 0 Å². The summed E-state index contributed by atoms with van der Waals surface area (Å²) in [6.45, 7) is 4.38. The fourth-order valence-electron chi connectivity index (χ4n) is 3.07. The van der Waals surface area contributed by atoms with Crippen LogP contribution in [0.15, 0.2) is 47.8 Å². The van der Waals surface area contributed by atoms with E-state index in [9.17, 15) is 8.42 Å². The summed E-state index contributed by atoms with van der Waals surface area (Å²) in [5.74, 6) is 1.56. The lowest BCUT2D eigenvalue weighted by Gasteiger charge is -2.32. The SMILES string of the molecule is CCOc1ccccc1S(=O)(=O)NCC1CCN(c2cnccn2)CC1.